The molecule has 0 amide bonds. The maximum Gasteiger partial charge on any atom is 0.126 e. The Morgan fingerprint density at radius 3 is 2.12 bits per heavy atom. The van der Waals surface area contributed by atoms with E-state index in [0.29, 0.717) is 18.7 Å². The molecule has 0 aromatic heterocycles. The number of benzene rings is 1. The molecule has 0 aliphatic rings. The second-order valence-electron chi connectivity index (χ2n) is 4.81. The van der Waals surface area contributed by atoms with E-state index in [-0.39, 0.29) is 5.54 Å². The Bertz CT molecular complexity index is 357. The molecular formula is C13H20F2N2. The predicted octanol–water partition coefficient (Wildman–Crippen LogP) is 2.52. The van der Waals surface area contributed by atoms with Gasteiger partial charge in [-0.05, 0) is 38.1 Å². The first-order valence-electron chi connectivity index (χ1n) is 5.79. The summed E-state index contributed by atoms with van der Waals surface area (Å²) in [5, 5.41) is 0. The summed E-state index contributed by atoms with van der Waals surface area (Å²) in [6.45, 7) is 7.82. The van der Waals surface area contributed by atoms with Gasteiger partial charge in [-0.3, -0.25) is 4.90 Å². The van der Waals surface area contributed by atoms with Crippen LogP contribution in [0.4, 0.5) is 8.78 Å². The monoisotopic (exact) mass is 242 g/mol. The first-order valence-corrected chi connectivity index (χ1v) is 5.79. The molecule has 0 bridgehead atoms. The lowest BCUT2D eigenvalue weighted by atomic mass is 10.0. The van der Waals surface area contributed by atoms with Gasteiger partial charge in [0.2, 0.25) is 0 Å². The molecule has 96 valence electrons. The maximum absolute atomic E-state index is 13.1. The first-order chi connectivity index (χ1) is 7.89. The minimum absolute atomic E-state index is 0.183. The van der Waals surface area contributed by atoms with Gasteiger partial charge in [0.05, 0.1) is 0 Å². The molecule has 0 saturated carbocycles. The van der Waals surface area contributed by atoms with Crippen molar-refractivity contribution in [2.45, 2.75) is 32.9 Å². The highest BCUT2D eigenvalue weighted by atomic mass is 19.1. The van der Waals surface area contributed by atoms with Crippen molar-refractivity contribution in [3.8, 4) is 0 Å². The minimum Gasteiger partial charge on any atom is -0.329 e. The third-order valence-electron chi connectivity index (χ3n) is 3.03. The van der Waals surface area contributed by atoms with Crippen molar-refractivity contribution in [2.24, 2.45) is 5.73 Å². The molecule has 2 nitrogen and oxygen atoms in total. The minimum atomic E-state index is -0.540. The zero-order valence-electron chi connectivity index (χ0n) is 10.6. The van der Waals surface area contributed by atoms with Crippen LogP contribution in [0.25, 0.3) is 0 Å². The average Bonchev–Trinajstić information content (AvgIpc) is 2.24. The summed E-state index contributed by atoms with van der Waals surface area (Å²) in [7, 11) is 0. The molecule has 0 atom stereocenters. The molecule has 1 rings (SSSR count). The van der Waals surface area contributed by atoms with Crippen molar-refractivity contribution in [1.82, 2.24) is 4.90 Å². The molecule has 1 aromatic carbocycles. The molecule has 4 heteroatoms. The highest BCUT2D eigenvalue weighted by molar-refractivity contribution is 5.18. The van der Waals surface area contributed by atoms with E-state index >= 15 is 0 Å². The van der Waals surface area contributed by atoms with E-state index < -0.39 is 11.6 Å². The normalized spacial score (nSPS) is 12.2. The third kappa shape index (κ3) is 3.75. The number of nitrogens with two attached hydrogens (primary N) is 1. The van der Waals surface area contributed by atoms with Crippen LogP contribution in [0.5, 0.6) is 0 Å². The summed E-state index contributed by atoms with van der Waals surface area (Å²) >= 11 is 0. The van der Waals surface area contributed by atoms with Crippen molar-refractivity contribution in [3.05, 3.63) is 35.4 Å². The van der Waals surface area contributed by atoms with Gasteiger partial charge in [-0.15, -0.1) is 0 Å². The highest BCUT2D eigenvalue weighted by Gasteiger charge is 2.23. The van der Waals surface area contributed by atoms with Crippen LogP contribution in [0.1, 0.15) is 26.3 Å². The van der Waals surface area contributed by atoms with E-state index in [9.17, 15) is 8.78 Å². The van der Waals surface area contributed by atoms with Crippen LogP contribution >= 0.6 is 0 Å². The van der Waals surface area contributed by atoms with Gasteiger partial charge in [0.25, 0.3) is 0 Å². The van der Waals surface area contributed by atoms with Crippen LogP contribution < -0.4 is 5.73 Å². The van der Waals surface area contributed by atoms with Gasteiger partial charge in [-0.2, -0.15) is 0 Å². The largest absolute Gasteiger partial charge is 0.329 e. The van der Waals surface area contributed by atoms with Crippen molar-refractivity contribution in [1.29, 1.82) is 0 Å². The lowest BCUT2D eigenvalue weighted by molar-refractivity contribution is 0.125. The molecule has 0 fully saturated rings. The van der Waals surface area contributed by atoms with Gasteiger partial charge in [0.15, 0.2) is 0 Å². The molecule has 0 spiro atoms. The van der Waals surface area contributed by atoms with E-state index in [4.69, 9.17) is 5.73 Å². The summed E-state index contributed by atoms with van der Waals surface area (Å²) in [5.41, 5.74) is 6.15. The number of hydrogen-bond donors (Lipinski definition) is 1. The second-order valence-corrected chi connectivity index (χ2v) is 4.81. The Hall–Kier alpha value is -1.00. The summed E-state index contributed by atoms with van der Waals surface area (Å²) in [4.78, 5) is 2.10. The van der Waals surface area contributed by atoms with Gasteiger partial charge < -0.3 is 5.73 Å². The van der Waals surface area contributed by atoms with Crippen molar-refractivity contribution < 1.29 is 8.78 Å². The van der Waals surface area contributed by atoms with Gasteiger partial charge in [-0.1, -0.05) is 6.92 Å². The third-order valence-corrected chi connectivity index (χ3v) is 3.03. The van der Waals surface area contributed by atoms with Crippen LogP contribution in [0.2, 0.25) is 0 Å². The van der Waals surface area contributed by atoms with Gasteiger partial charge in [0, 0.05) is 24.7 Å². The number of nitrogens with zero attached hydrogens (tertiary/aromatic N) is 1. The van der Waals surface area contributed by atoms with E-state index in [1.165, 1.54) is 12.1 Å². The fourth-order valence-corrected chi connectivity index (χ4v) is 1.81. The van der Waals surface area contributed by atoms with Gasteiger partial charge >= 0.3 is 0 Å². The standard InChI is InChI=1S/C13H20F2N2/c1-4-17(13(2,3)9-16)8-10-5-11(14)7-12(15)6-10/h5-7H,4,8-9,16H2,1-3H3. The van der Waals surface area contributed by atoms with Crippen molar-refractivity contribution in [2.75, 3.05) is 13.1 Å². The number of likely N-dealkylation sites (N-methyl/N-ethyl adjacent to an activating group) is 1. The zero-order valence-corrected chi connectivity index (χ0v) is 10.6. The van der Waals surface area contributed by atoms with Crippen LogP contribution in [-0.2, 0) is 6.54 Å². The molecule has 17 heavy (non-hydrogen) atoms. The average molecular weight is 242 g/mol. The second kappa shape index (κ2) is 5.56. The molecular weight excluding hydrogens is 222 g/mol. The van der Waals surface area contributed by atoms with E-state index in [2.05, 4.69) is 4.90 Å². The smallest absolute Gasteiger partial charge is 0.126 e. The predicted molar refractivity (Wildman–Crippen MR) is 65.6 cm³/mol. The molecule has 0 unspecified atom stereocenters. The fourth-order valence-electron chi connectivity index (χ4n) is 1.81. The molecule has 0 aliphatic carbocycles. The van der Waals surface area contributed by atoms with E-state index in [0.717, 1.165) is 12.6 Å². The van der Waals surface area contributed by atoms with Gasteiger partial charge in [-0.25, -0.2) is 8.78 Å². The first kappa shape index (κ1) is 14.1. The number of hydrogen-bond acceptors (Lipinski definition) is 2. The summed E-state index contributed by atoms with van der Waals surface area (Å²) < 4.78 is 26.2. The van der Waals surface area contributed by atoms with Crippen molar-refractivity contribution >= 4 is 0 Å². The maximum atomic E-state index is 13.1. The van der Waals surface area contributed by atoms with Crippen molar-refractivity contribution in [3.63, 3.8) is 0 Å². The summed E-state index contributed by atoms with van der Waals surface area (Å²) in [6, 6.07) is 3.60. The van der Waals surface area contributed by atoms with Crippen LogP contribution in [0.15, 0.2) is 18.2 Å². The molecule has 0 aliphatic heterocycles. The molecule has 0 radical (unpaired) electrons. The topological polar surface area (TPSA) is 29.3 Å². The Balaban J connectivity index is 2.88. The Labute approximate surface area is 101 Å². The number of rotatable bonds is 5. The molecule has 0 saturated heterocycles. The summed E-state index contributed by atoms with van der Waals surface area (Å²) in [6.07, 6.45) is 0. The highest BCUT2D eigenvalue weighted by Crippen LogP contribution is 2.17. The Morgan fingerprint density at radius 2 is 1.71 bits per heavy atom. The molecule has 2 N–H and O–H groups in total. The summed E-state index contributed by atoms with van der Waals surface area (Å²) in [5.74, 6) is -1.08. The SMILES string of the molecule is CCN(Cc1cc(F)cc(F)c1)C(C)(C)CN. The zero-order chi connectivity index (χ0) is 13.1. The van der Waals surface area contributed by atoms with Crippen LogP contribution in [0.3, 0.4) is 0 Å². The Morgan fingerprint density at radius 1 is 1.18 bits per heavy atom. The lowest BCUT2D eigenvalue weighted by Gasteiger charge is -2.37. The lowest BCUT2D eigenvalue weighted by Crippen LogP contribution is -2.48. The fraction of sp³-hybridized carbons (Fsp3) is 0.538. The van der Waals surface area contributed by atoms with Gasteiger partial charge in [0.1, 0.15) is 11.6 Å². The van der Waals surface area contributed by atoms with Crippen LogP contribution in [-0.4, -0.2) is 23.5 Å². The molecule has 1 aromatic rings. The quantitative estimate of drug-likeness (QED) is 0.859. The molecule has 0 heterocycles. The van der Waals surface area contributed by atoms with E-state index in [1.54, 1.807) is 0 Å². The van der Waals surface area contributed by atoms with E-state index in [1.807, 2.05) is 20.8 Å². The number of halogens is 2. The van der Waals surface area contributed by atoms with Crippen LogP contribution in [0, 0.1) is 11.6 Å². The Kier molecular flexibility index (Phi) is 4.60.